The third-order valence-corrected chi connectivity index (χ3v) is 6.98. The maximum Gasteiger partial charge on any atom is 0.175 e. The number of rotatable bonds is 3. The lowest BCUT2D eigenvalue weighted by Crippen LogP contribution is -2.53. The lowest BCUT2D eigenvalue weighted by atomic mass is 9.61. The number of methoxy groups -OCH3 is 1. The van der Waals surface area contributed by atoms with Crippen LogP contribution in [0.2, 0.25) is 0 Å². The highest BCUT2D eigenvalue weighted by Gasteiger charge is 2.56. The molecule has 0 spiro atoms. The highest BCUT2D eigenvalue weighted by atomic mass is 16.7. The molecule has 0 amide bonds. The second-order valence-electron chi connectivity index (χ2n) is 8.40. The van der Waals surface area contributed by atoms with E-state index in [1.165, 1.54) is 5.57 Å². The average Bonchev–Trinajstić information content (AvgIpc) is 2.84. The van der Waals surface area contributed by atoms with Crippen LogP contribution in [0.25, 0.3) is 0 Å². The summed E-state index contributed by atoms with van der Waals surface area (Å²) in [5.74, 6) is 0.298. The molecule has 134 valence electrons. The molecule has 0 aromatic heterocycles. The van der Waals surface area contributed by atoms with Crippen molar-refractivity contribution in [2.75, 3.05) is 13.9 Å². The predicted molar refractivity (Wildman–Crippen MR) is 91.4 cm³/mol. The molecule has 0 aliphatic heterocycles. The van der Waals surface area contributed by atoms with E-state index in [0.29, 0.717) is 6.42 Å². The third-order valence-electron chi connectivity index (χ3n) is 6.98. The molecule has 2 saturated carbocycles. The second kappa shape index (κ2) is 6.38. The Labute approximate surface area is 145 Å². The van der Waals surface area contributed by atoms with Gasteiger partial charge in [0.25, 0.3) is 0 Å². The number of Topliss-reactive ketones (excluding diaryl/α,β-unsaturated/α-hetero) is 2. The van der Waals surface area contributed by atoms with E-state index in [-0.39, 0.29) is 35.6 Å². The molecule has 3 rings (SSSR count). The molecule has 0 radical (unpaired) electrons. The highest BCUT2D eigenvalue weighted by molar-refractivity contribution is 6.09. The van der Waals surface area contributed by atoms with E-state index < -0.39 is 11.5 Å². The summed E-state index contributed by atoms with van der Waals surface area (Å²) >= 11 is 0. The summed E-state index contributed by atoms with van der Waals surface area (Å²) in [5.41, 5.74) is 0.448. The van der Waals surface area contributed by atoms with Crippen molar-refractivity contribution in [3.05, 3.63) is 11.6 Å². The first-order valence-electron chi connectivity index (χ1n) is 9.21. The minimum atomic E-state index is -0.908. The Morgan fingerprint density at radius 2 is 1.92 bits per heavy atom. The number of carbonyl (C=O) groups excluding carboxylic acids is 2. The Morgan fingerprint density at radius 1 is 1.17 bits per heavy atom. The fourth-order valence-corrected chi connectivity index (χ4v) is 5.20. The molecule has 3 aliphatic rings. The van der Waals surface area contributed by atoms with E-state index in [1.54, 1.807) is 7.11 Å². The van der Waals surface area contributed by atoms with Gasteiger partial charge < -0.3 is 9.47 Å². The fourth-order valence-electron chi connectivity index (χ4n) is 5.20. The zero-order valence-electron chi connectivity index (χ0n) is 15.4. The molecule has 0 unspecified atom stereocenters. The molecule has 0 aromatic carbocycles. The van der Waals surface area contributed by atoms with Crippen LogP contribution >= 0.6 is 0 Å². The fraction of sp³-hybridized carbons (Fsp3) is 0.800. The van der Waals surface area contributed by atoms with Gasteiger partial charge in [0.2, 0.25) is 0 Å². The van der Waals surface area contributed by atoms with E-state index in [0.717, 1.165) is 32.1 Å². The molecular formula is C20H30O4. The molecule has 24 heavy (non-hydrogen) atoms. The van der Waals surface area contributed by atoms with Gasteiger partial charge in [-0.05, 0) is 50.4 Å². The summed E-state index contributed by atoms with van der Waals surface area (Å²) in [7, 11) is 1.57. The lowest BCUT2D eigenvalue weighted by molar-refractivity contribution is -0.166. The van der Waals surface area contributed by atoms with Gasteiger partial charge in [0.15, 0.2) is 5.78 Å². The SMILES string of the molecule is COCO[C@H]1C(=O)[C@]2(C)C(=O)CCC[C@@H]2C/C=C2\CC[C@H]1C2(C)C. The van der Waals surface area contributed by atoms with Gasteiger partial charge in [-0.15, -0.1) is 0 Å². The molecule has 0 saturated heterocycles. The van der Waals surface area contributed by atoms with Crippen LogP contribution in [0.5, 0.6) is 0 Å². The maximum atomic E-state index is 13.6. The Kier molecular flexibility index (Phi) is 4.73. The van der Waals surface area contributed by atoms with Crippen LogP contribution in [0, 0.1) is 22.7 Å². The maximum absolute atomic E-state index is 13.6. The van der Waals surface area contributed by atoms with Crippen LogP contribution in [-0.2, 0) is 19.1 Å². The molecule has 2 fully saturated rings. The Hall–Kier alpha value is -1.00. The summed E-state index contributed by atoms with van der Waals surface area (Å²) < 4.78 is 11.0. The standard InChI is InChI=1S/C20H30O4/c1-19(2)13-8-9-14-6-5-7-16(21)20(14,3)18(22)17(24-12-23-4)15(19)11-10-13/h8,14-15,17H,5-7,9-12H2,1-4H3/b13-8+/t14-,15-,17-,20+/m1/s1. The van der Waals surface area contributed by atoms with Gasteiger partial charge in [-0.1, -0.05) is 25.5 Å². The monoisotopic (exact) mass is 334 g/mol. The van der Waals surface area contributed by atoms with Gasteiger partial charge in [0.05, 0.1) is 5.41 Å². The van der Waals surface area contributed by atoms with Crippen molar-refractivity contribution in [3.63, 3.8) is 0 Å². The van der Waals surface area contributed by atoms with Crippen LogP contribution in [-0.4, -0.2) is 31.6 Å². The molecule has 4 nitrogen and oxygen atoms in total. The highest BCUT2D eigenvalue weighted by Crippen LogP contribution is 2.54. The van der Waals surface area contributed by atoms with Gasteiger partial charge in [0, 0.05) is 19.4 Å². The molecule has 0 heterocycles. The van der Waals surface area contributed by atoms with E-state index in [1.807, 2.05) is 6.92 Å². The van der Waals surface area contributed by atoms with Crippen molar-refractivity contribution in [3.8, 4) is 0 Å². The first-order valence-corrected chi connectivity index (χ1v) is 9.21. The van der Waals surface area contributed by atoms with Crippen molar-refractivity contribution < 1.29 is 19.1 Å². The minimum Gasteiger partial charge on any atom is -0.359 e. The Bertz CT molecular complexity index is 562. The van der Waals surface area contributed by atoms with E-state index >= 15 is 0 Å². The van der Waals surface area contributed by atoms with E-state index in [2.05, 4.69) is 19.9 Å². The van der Waals surface area contributed by atoms with Crippen LogP contribution in [0.4, 0.5) is 0 Å². The molecular weight excluding hydrogens is 304 g/mol. The number of hydrogen-bond acceptors (Lipinski definition) is 4. The van der Waals surface area contributed by atoms with Crippen molar-refractivity contribution in [2.45, 2.75) is 65.4 Å². The third kappa shape index (κ3) is 2.59. The quantitative estimate of drug-likeness (QED) is 0.449. The Balaban J connectivity index is 2.07. The molecule has 3 aliphatic carbocycles. The van der Waals surface area contributed by atoms with Gasteiger partial charge in [-0.2, -0.15) is 0 Å². The number of allylic oxidation sites excluding steroid dienone is 2. The van der Waals surface area contributed by atoms with Gasteiger partial charge in [-0.3, -0.25) is 9.59 Å². The first kappa shape index (κ1) is 17.8. The summed E-state index contributed by atoms with van der Waals surface area (Å²) in [5, 5.41) is 0. The number of ether oxygens (including phenoxy) is 2. The van der Waals surface area contributed by atoms with E-state index in [9.17, 15) is 9.59 Å². The smallest absolute Gasteiger partial charge is 0.175 e. The summed E-state index contributed by atoms with van der Waals surface area (Å²) in [6.45, 7) is 6.39. The van der Waals surface area contributed by atoms with Crippen molar-refractivity contribution in [1.29, 1.82) is 0 Å². The Morgan fingerprint density at radius 3 is 2.62 bits per heavy atom. The van der Waals surface area contributed by atoms with Gasteiger partial charge >= 0.3 is 0 Å². The van der Waals surface area contributed by atoms with Gasteiger partial charge in [0.1, 0.15) is 18.7 Å². The molecule has 4 heteroatoms. The zero-order chi connectivity index (χ0) is 17.5. The van der Waals surface area contributed by atoms with Crippen LogP contribution in [0.1, 0.15) is 59.3 Å². The van der Waals surface area contributed by atoms with E-state index in [4.69, 9.17) is 9.47 Å². The summed E-state index contributed by atoms with van der Waals surface area (Å²) in [6, 6.07) is 0. The predicted octanol–water partition coefficient (Wildman–Crippen LogP) is 3.69. The number of carbonyl (C=O) groups is 2. The summed E-state index contributed by atoms with van der Waals surface area (Å²) in [6.07, 6.45) is 6.91. The van der Waals surface area contributed by atoms with Crippen LogP contribution in [0.15, 0.2) is 11.6 Å². The first-order chi connectivity index (χ1) is 11.3. The minimum absolute atomic E-state index is 0.0103. The topological polar surface area (TPSA) is 52.6 Å². The largest absolute Gasteiger partial charge is 0.359 e. The van der Waals surface area contributed by atoms with Crippen LogP contribution < -0.4 is 0 Å². The number of hydrogen-bond donors (Lipinski definition) is 0. The van der Waals surface area contributed by atoms with Gasteiger partial charge in [-0.25, -0.2) is 0 Å². The zero-order valence-corrected chi connectivity index (χ0v) is 15.4. The summed E-state index contributed by atoms with van der Waals surface area (Å²) in [4.78, 5) is 26.4. The van der Waals surface area contributed by atoms with Crippen molar-refractivity contribution in [1.82, 2.24) is 0 Å². The molecule has 4 atom stereocenters. The number of ketones is 2. The normalized spacial score (nSPS) is 41.0. The lowest BCUT2D eigenvalue weighted by Gasteiger charge is -2.42. The average molecular weight is 334 g/mol. The molecule has 2 bridgehead atoms. The van der Waals surface area contributed by atoms with Crippen molar-refractivity contribution in [2.24, 2.45) is 22.7 Å². The molecule has 0 N–H and O–H groups in total. The van der Waals surface area contributed by atoms with Crippen LogP contribution in [0.3, 0.4) is 0 Å². The van der Waals surface area contributed by atoms with Crippen molar-refractivity contribution >= 4 is 11.6 Å². The molecule has 0 aromatic rings. The number of fused-ring (bicyclic) bond motifs is 3. The second-order valence-corrected chi connectivity index (χ2v) is 8.40.